The molecule has 0 aliphatic rings. The van der Waals surface area contributed by atoms with Crippen LogP contribution in [-0.4, -0.2) is 19.2 Å². The van der Waals surface area contributed by atoms with Crippen LogP contribution in [0, 0.1) is 3.57 Å². The fourth-order valence-electron chi connectivity index (χ4n) is 2.27. The number of carbonyl (C=O) groups is 1. The summed E-state index contributed by atoms with van der Waals surface area (Å²) in [5.74, 6) is 1.28. The normalized spacial score (nSPS) is 11.0. The second-order valence-corrected chi connectivity index (χ2v) is 7.38. The molecular formula is C19H13Cl2IN2O3. The van der Waals surface area contributed by atoms with Crippen molar-refractivity contribution in [1.82, 2.24) is 5.43 Å². The lowest BCUT2D eigenvalue weighted by atomic mass is 10.2. The molecule has 27 heavy (non-hydrogen) atoms. The van der Waals surface area contributed by atoms with Crippen LogP contribution in [0.3, 0.4) is 0 Å². The van der Waals surface area contributed by atoms with E-state index < -0.39 is 0 Å². The number of nitrogens with one attached hydrogen (secondary N) is 1. The Bertz CT molecular complexity index is 1020. The van der Waals surface area contributed by atoms with Gasteiger partial charge in [0.15, 0.2) is 0 Å². The minimum atomic E-state index is -0.356. The van der Waals surface area contributed by atoms with E-state index in [0.29, 0.717) is 38.4 Å². The topological polar surface area (TPSA) is 63.8 Å². The van der Waals surface area contributed by atoms with E-state index in [4.69, 9.17) is 32.4 Å². The molecule has 0 spiro atoms. The number of amides is 1. The van der Waals surface area contributed by atoms with Crippen molar-refractivity contribution in [2.45, 2.75) is 0 Å². The third kappa shape index (κ3) is 4.82. The van der Waals surface area contributed by atoms with Crippen molar-refractivity contribution in [2.75, 3.05) is 7.11 Å². The number of methoxy groups -OCH3 is 1. The van der Waals surface area contributed by atoms with Gasteiger partial charge < -0.3 is 9.15 Å². The molecule has 8 heteroatoms. The molecule has 0 radical (unpaired) electrons. The highest BCUT2D eigenvalue weighted by atomic mass is 127. The third-order valence-corrected chi connectivity index (χ3v) is 5.05. The number of ether oxygens (including phenoxy) is 1. The highest BCUT2D eigenvalue weighted by molar-refractivity contribution is 14.1. The highest BCUT2D eigenvalue weighted by Gasteiger charge is 2.10. The number of carbonyl (C=O) groups excluding carboxylic acids is 1. The number of hydrazone groups is 1. The Kier molecular flexibility index (Phi) is 6.41. The van der Waals surface area contributed by atoms with E-state index in [9.17, 15) is 4.79 Å². The summed E-state index contributed by atoms with van der Waals surface area (Å²) in [5.41, 5.74) is 3.57. The van der Waals surface area contributed by atoms with Crippen molar-refractivity contribution in [1.29, 1.82) is 0 Å². The van der Waals surface area contributed by atoms with Crippen molar-refractivity contribution in [3.8, 4) is 17.1 Å². The molecule has 0 bridgehead atoms. The third-order valence-electron chi connectivity index (χ3n) is 3.59. The van der Waals surface area contributed by atoms with E-state index in [1.807, 2.05) is 0 Å². The Balaban J connectivity index is 1.69. The molecule has 2 aromatic carbocycles. The zero-order valence-electron chi connectivity index (χ0n) is 14.0. The first-order valence-corrected chi connectivity index (χ1v) is 9.53. The first-order chi connectivity index (χ1) is 13.0. The van der Waals surface area contributed by atoms with Gasteiger partial charge in [-0.2, -0.15) is 5.10 Å². The molecule has 5 nitrogen and oxygen atoms in total. The lowest BCUT2D eigenvalue weighted by molar-refractivity contribution is 0.0954. The Hall–Kier alpha value is -2.03. The second-order valence-electron chi connectivity index (χ2n) is 5.37. The SMILES string of the molecule is COc1cc(C(=O)N/N=C\c2ccc(-c3cc(Cl)ccc3Cl)o2)ccc1I. The largest absolute Gasteiger partial charge is 0.496 e. The molecule has 3 rings (SSSR count). The quantitative estimate of drug-likeness (QED) is 0.272. The van der Waals surface area contributed by atoms with Crippen molar-refractivity contribution >= 4 is 57.9 Å². The van der Waals surface area contributed by atoms with E-state index in [-0.39, 0.29) is 5.91 Å². The molecule has 138 valence electrons. The predicted octanol–water partition coefficient (Wildman–Crippen LogP) is 5.63. The van der Waals surface area contributed by atoms with Crippen LogP contribution < -0.4 is 10.2 Å². The molecular weight excluding hydrogens is 502 g/mol. The number of rotatable bonds is 5. The van der Waals surface area contributed by atoms with Crippen LogP contribution in [0.1, 0.15) is 16.1 Å². The molecule has 1 N–H and O–H groups in total. The van der Waals surface area contributed by atoms with Gasteiger partial charge in [0.2, 0.25) is 0 Å². The van der Waals surface area contributed by atoms with Gasteiger partial charge in [-0.05, 0) is 71.1 Å². The smallest absolute Gasteiger partial charge is 0.271 e. The van der Waals surface area contributed by atoms with Crippen LogP contribution in [0.2, 0.25) is 10.0 Å². The maximum absolute atomic E-state index is 12.2. The van der Waals surface area contributed by atoms with Gasteiger partial charge in [-0.25, -0.2) is 5.43 Å². The molecule has 3 aromatic rings. The molecule has 1 aromatic heterocycles. The summed E-state index contributed by atoms with van der Waals surface area (Å²) in [6, 6.07) is 13.7. The number of hydrogen-bond acceptors (Lipinski definition) is 4. The van der Waals surface area contributed by atoms with Gasteiger partial charge in [0.25, 0.3) is 5.91 Å². The van der Waals surface area contributed by atoms with Gasteiger partial charge in [-0.15, -0.1) is 0 Å². The van der Waals surface area contributed by atoms with Gasteiger partial charge in [0.05, 0.1) is 21.9 Å². The molecule has 0 fully saturated rings. The number of furan rings is 1. The van der Waals surface area contributed by atoms with Gasteiger partial charge in [0.1, 0.15) is 17.3 Å². The van der Waals surface area contributed by atoms with Gasteiger partial charge >= 0.3 is 0 Å². The van der Waals surface area contributed by atoms with Crippen molar-refractivity contribution in [3.63, 3.8) is 0 Å². The van der Waals surface area contributed by atoms with Crippen LogP contribution >= 0.6 is 45.8 Å². The monoisotopic (exact) mass is 514 g/mol. The van der Waals surface area contributed by atoms with Gasteiger partial charge in [-0.1, -0.05) is 23.2 Å². The second kappa shape index (κ2) is 8.77. The summed E-state index contributed by atoms with van der Waals surface area (Å²) >= 11 is 14.3. The van der Waals surface area contributed by atoms with Crippen molar-refractivity contribution in [3.05, 3.63) is 73.5 Å². The fourth-order valence-corrected chi connectivity index (χ4v) is 3.21. The maximum Gasteiger partial charge on any atom is 0.271 e. The fraction of sp³-hybridized carbons (Fsp3) is 0.0526. The number of nitrogens with zero attached hydrogens (tertiary/aromatic N) is 1. The summed E-state index contributed by atoms with van der Waals surface area (Å²) in [4.78, 5) is 12.2. The van der Waals surface area contributed by atoms with Crippen molar-refractivity contribution in [2.24, 2.45) is 5.10 Å². The molecule has 1 heterocycles. The summed E-state index contributed by atoms with van der Waals surface area (Å²) in [5, 5.41) is 5.01. The Morgan fingerprint density at radius 2 is 2.00 bits per heavy atom. The van der Waals surface area contributed by atoms with E-state index in [1.165, 1.54) is 6.21 Å². The molecule has 0 saturated heterocycles. The minimum absolute atomic E-state index is 0.356. The zero-order chi connectivity index (χ0) is 19.4. The summed E-state index contributed by atoms with van der Waals surface area (Å²) < 4.78 is 11.8. The molecule has 0 saturated carbocycles. The Labute approximate surface area is 179 Å². The molecule has 1 amide bonds. The van der Waals surface area contributed by atoms with Crippen LogP contribution in [0.4, 0.5) is 0 Å². The lowest BCUT2D eigenvalue weighted by Gasteiger charge is -2.05. The van der Waals surface area contributed by atoms with Crippen LogP contribution in [0.5, 0.6) is 5.75 Å². The van der Waals surface area contributed by atoms with E-state index in [0.717, 1.165) is 3.57 Å². The highest BCUT2D eigenvalue weighted by Crippen LogP contribution is 2.31. The standard InChI is InChI=1S/C19H13Cl2IN2O3/c1-26-18-8-11(2-6-16(18)22)19(25)24-23-10-13-4-7-17(27-13)14-9-12(20)3-5-15(14)21/h2-10H,1H3,(H,24,25)/b23-10-. The average molecular weight is 515 g/mol. The molecule has 0 atom stereocenters. The minimum Gasteiger partial charge on any atom is -0.496 e. The van der Waals surface area contributed by atoms with Gasteiger partial charge in [-0.3, -0.25) is 4.79 Å². The Morgan fingerprint density at radius 3 is 2.78 bits per heavy atom. The van der Waals surface area contributed by atoms with Crippen LogP contribution in [0.15, 0.2) is 58.0 Å². The van der Waals surface area contributed by atoms with Crippen LogP contribution in [-0.2, 0) is 0 Å². The number of benzene rings is 2. The summed E-state index contributed by atoms with van der Waals surface area (Å²) in [6.45, 7) is 0. The zero-order valence-corrected chi connectivity index (χ0v) is 17.7. The number of halogens is 3. The van der Waals surface area contributed by atoms with Gasteiger partial charge in [0, 0.05) is 16.1 Å². The van der Waals surface area contributed by atoms with E-state index in [1.54, 1.807) is 55.6 Å². The maximum atomic E-state index is 12.2. The Morgan fingerprint density at radius 1 is 1.19 bits per heavy atom. The number of hydrogen-bond donors (Lipinski definition) is 1. The van der Waals surface area contributed by atoms with Crippen LogP contribution in [0.25, 0.3) is 11.3 Å². The summed E-state index contributed by atoms with van der Waals surface area (Å²) in [6.07, 6.45) is 1.41. The van der Waals surface area contributed by atoms with Crippen molar-refractivity contribution < 1.29 is 13.9 Å². The summed E-state index contributed by atoms with van der Waals surface area (Å²) in [7, 11) is 1.55. The first kappa shape index (κ1) is 19.7. The lowest BCUT2D eigenvalue weighted by Crippen LogP contribution is -2.17. The van der Waals surface area contributed by atoms with E-state index >= 15 is 0 Å². The van der Waals surface area contributed by atoms with E-state index in [2.05, 4.69) is 33.1 Å². The average Bonchev–Trinajstić information content (AvgIpc) is 3.12. The molecule has 0 aliphatic carbocycles. The molecule has 0 unspecified atom stereocenters. The first-order valence-electron chi connectivity index (χ1n) is 7.70. The molecule has 0 aliphatic heterocycles. The predicted molar refractivity (Wildman–Crippen MR) is 115 cm³/mol.